The number of aldehydes is 1. The Labute approximate surface area is 105 Å². The molecule has 106 valence electrons. The molecule has 0 amide bonds. The molecule has 3 nitrogen and oxygen atoms in total. The number of alkyl halides is 3. The van der Waals surface area contributed by atoms with Crippen molar-refractivity contribution in [2.45, 2.75) is 51.6 Å². The number of esters is 1. The van der Waals surface area contributed by atoms with Crippen LogP contribution in [0.5, 0.6) is 0 Å². The molecule has 0 bridgehead atoms. The first kappa shape index (κ1) is 16.9. The summed E-state index contributed by atoms with van der Waals surface area (Å²) in [4.78, 5) is 21.7. The highest BCUT2D eigenvalue weighted by atomic mass is 19.4. The number of halogens is 3. The van der Waals surface area contributed by atoms with Gasteiger partial charge in [0.25, 0.3) is 0 Å². The number of hydrogen-bond donors (Lipinski definition) is 0. The average molecular weight is 268 g/mol. The molecule has 0 aromatic heterocycles. The fraction of sp³-hybridized carbons (Fsp3) is 0.833. The fourth-order valence-electron chi connectivity index (χ4n) is 1.49. The van der Waals surface area contributed by atoms with Crippen LogP contribution in [0.4, 0.5) is 13.2 Å². The third kappa shape index (κ3) is 10.1. The lowest BCUT2D eigenvalue weighted by Crippen LogP contribution is -2.22. The molecule has 18 heavy (non-hydrogen) atoms. The van der Waals surface area contributed by atoms with Crippen LogP contribution in [0.25, 0.3) is 0 Å². The van der Waals surface area contributed by atoms with Gasteiger partial charge in [0, 0.05) is 5.92 Å². The van der Waals surface area contributed by atoms with Crippen LogP contribution in [-0.4, -0.2) is 25.0 Å². The van der Waals surface area contributed by atoms with Crippen LogP contribution in [0.1, 0.15) is 45.4 Å². The summed E-state index contributed by atoms with van der Waals surface area (Å²) in [5.74, 6) is -1.51. The maximum Gasteiger partial charge on any atom is 0.422 e. The van der Waals surface area contributed by atoms with Crippen LogP contribution in [0.3, 0.4) is 0 Å². The van der Waals surface area contributed by atoms with Gasteiger partial charge in [0.15, 0.2) is 6.61 Å². The van der Waals surface area contributed by atoms with Gasteiger partial charge in [-0.05, 0) is 6.42 Å². The van der Waals surface area contributed by atoms with Crippen LogP contribution in [0.15, 0.2) is 0 Å². The SMILES string of the molecule is CCCCCCC(C=O)CC(=O)OCC(F)(F)F. The minimum Gasteiger partial charge on any atom is -0.456 e. The van der Waals surface area contributed by atoms with Crippen molar-refractivity contribution in [2.24, 2.45) is 5.92 Å². The third-order valence-electron chi connectivity index (χ3n) is 2.45. The van der Waals surface area contributed by atoms with E-state index in [1.54, 1.807) is 0 Å². The Hall–Kier alpha value is -1.07. The minimum atomic E-state index is -4.52. The van der Waals surface area contributed by atoms with Gasteiger partial charge < -0.3 is 9.53 Å². The molecular weight excluding hydrogens is 249 g/mol. The maximum absolute atomic E-state index is 11.8. The van der Waals surface area contributed by atoms with Crippen molar-refractivity contribution in [2.75, 3.05) is 6.61 Å². The molecule has 0 saturated heterocycles. The Morgan fingerprint density at radius 3 is 2.44 bits per heavy atom. The van der Waals surface area contributed by atoms with Gasteiger partial charge in [0.05, 0.1) is 6.42 Å². The van der Waals surface area contributed by atoms with E-state index in [1.165, 1.54) is 0 Å². The Balaban J connectivity index is 3.83. The van der Waals surface area contributed by atoms with Gasteiger partial charge in [-0.25, -0.2) is 0 Å². The van der Waals surface area contributed by atoms with E-state index in [4.69, 9.17) is 0 Å². The second-order valence-corrected chi connectivity index (χ2v) is 4.23. The Bertz CT molecular complexity index is 251. The molecule has 0 aromatic carbocycles. The van der Waals surface area contributed by atoms with E-state index in [1.807, 2.05) is 6.92 Å². The number of carbonyl (C=O) groups is 2. The summed E-state index contributed by atoms with van der Waals surface area (Å²) in [6, 6.07) is 0. The lowest BCUT2D eigenvalue weighted by Gasteiger charge is -2.11. The van der Waals surface area contributed by atoms with Crippen molar-refractivity contribution in [1.29, 1.82) is 0 Å². The van der Waals surface area contributed by atoms with Crippen molar-refractivity contribution >= 4 is 12.3 Å². The predicted molar refractivity (Wildman–Crippen MR) is 59.9 cm³/mol. The molecule has 0 radical (unpaired) electrons. The second-order valence-electron chi connectivity index (χ2n) is 4.23. The van der Waals surface area contributed by atoms with Crippen LogP contribution < -0.4 is 0 Å². The fourth-order valence-corrected chi connectivity index (χ4v) is 1.49. The van der Waals surface area contributed by atoms with Gasteiger partial charge in [-0.1, -0.05) is 32.6 Å². The Morgan fingerprint density at radius 1 is 1.28 bits per heavy atom. The van der Waals surface area contributed by atoms with Gasteiger partial charge in [-0.15, -0.1) is 0 Å². The molecule has 0 aliphatic carbocycles. The first-order valence-corrected chi connectivity index (χ1v) is 6.06. The van der Waals surface area contributed by atoms with E-state index in [-0.39, 0.29) is 6.42 Å². The predicted octanol–water partition coefficient (Wildman–Crippen LogP) is 3.27. The first-order valence-electron chi connectivity index (χ1n) is 6.06. The van der Waals surface area contributed by atoms with Crippen molar-refractivity contribution in [1.82, 2.24) is 0 Å². The maximum atomic E-state index is 11.8. The molecule has 0 heterocycles. The van der Waals surface area contributed by atoms with Gasteiger partial charge >= 0.3 is 12.1 Å². The molecule has 1 atom stereocenters. The highest BCUT2D eigenvalue weighted by Gasteiger charge is 2.29. The van der Waals surface area contributed by atoms with Crippen LogP contribution in [0, 0.1) is 5.92 Å². The zero-order valence-electron chi connectivity index (χ0n) is 10.5. The van der Waals surface area contributed by atoms with Gasteiger partial charge in [0.1, 0.15) is 6.29 Å². The highest BCUT2D eigenvalue weighted by molar-refractivity contribution is 5.73. The molecule has 0 aromatic rings. The molecule has 0 saturated carbocycles. The standard InChI is InChI=1S/C12H19F3O3/c1-2-3-4-5-6-10(8-16)7-11(17)18-9-12(13,14)15/h8,10H,2-7,9H2,1H3. The van der Waals surface area contributed by atoms with Crippen molar-refractivity contribution in [3.63, 3.8) is 0 Å². The lowest BCUT2D eigenvalue weighted by molar-refractivity contribution is -0.186. The second kappa shape index (κ2) is 8.94. The Kier molecular flexibility index (Phi) is 8.41. The van der Waals surface area contributed by atoms with Crippen LogP contribution >= 0.6 is 0 Å². The summed E-state index contributed by atoms with van der Waals surface area (Å²) >= 11 is 0. The molecule has 0 fully saturated rings. The smallest absolute Gasteiger partial charge is 0.422 e. The van der Waals surface area contributed by atoms with Gasteiger partial charge in [-0.2, -0.15) is 13.2 Å². The molecule has 6 heteroatoms. The third-order valence-corrected chi connectivity index (χ3v) is 2.45. The van der Waals surface area contributed by atoms with Crippen molar-refractivity contribution < 1.29 is 27.5 Å². The van der Waals surface area contributed by atoms with Crippen molar-refractivity contribution in [3.05, 3.63) is 0 Å². The molecular formula is C12H19F3O3. The molecule has 0 spiro atoms. The van der Waals surface area contributed by atoms with Gasteiger partial charge in [0.2, 0.25) is 0 Å². The summed E-state index contributed by atoms with van der Waals surface area (Å²) in [5, 5.41) is 0. The average Bonchev–Trinajstić information content (AvgIpc) is 2.29. The number of unbranched alkanes of at least 4 members (excludes halogenated alkanes) is 3. The van der Waals surface area contributed by atoms with E-state index < -0.39 is 24.7 Å². The minimum absolute atomic E-state index is 0.272. The molecule has 0 rings (SSSR count). The van der Waals surface area contributed by atoms with E-state index in [0.29, 0.717) is 12.7 Å². The summed E-state index contributed by atoms with van der Waals surface area (Å²) in [6.45, 7) is 0.457. The summed E-state index contributed by atoms with van der Waals surface area (Å²) in [7, 11) is 0. The largest absolute Gasteiger partial charge is 0.456 e. The van der Waals surface area contributed by atoms with Crippen LogP contribution in [0.2, 0.25) is 0 Å². The molecule has 0 aliphatic rings. The van der Waals surface area contributed by atoms with E-state index in [9.17, 15) is 22.8 Å². The Morgan fingerprint density at radius 2 is 1.94 bits per heavy atom. The molecule has 0 N–H and O–H groups in total. The number of carbonyl (C=O) groups excluding carboxylic acids is 2. The van der Waals surface area contributed by atoms with E-state index in [0.717, 1.165) is 25.7 Å². The quantitative estimate of drug-likeness (QED) is 0.366. The lowest BCUT2D eigenvalue weighted by atomic mass is 9.99. The topological polar surface area (TPSA) is 43.4 Å². The molecule has 0 aliphatic heterocycles. The van der Waals surface area contributed by atoms with E-state index in [2.05, 4.69) is 4.74 Å². The first-order chi connectivity index (χ1) is 8.39. The van der Waals surface area contributed by atoms with Gasteiger partial charge in [-0.3, -0.25) is 4.79 Å². The zero-order valence-corrected chi connectivity index (χ0v) is 10.5. The van der Waals surface area contributed by atoms with Crippen LogP contribution in [-0.2, 0) is 14.3 Å². The normalized spacial score (nSPS) is 13.1. The van der Waals surface area contributed by atoms with Crippen molar-refractivity contribution in [3.8, 4) is 0 Å². The molecule has 1 unspecified atom stereocenters. The number of rotatable bonds is 9. The van der Waals surface area contributed by atoms with E-state index >= 15 is 0 Å². The monoisotopic (exact) mass is 268 g/mol. The highest BCUT2D eigenvalue weighted by Crippen LogP contribution is 2.17. The summed E-state index contributed by atoms with van der Waals surface area (Å²) < 4.78 is 39.4. The number of hydrogen-bond acceptors (Lipinski definition) is 3. The number of ether oxygens (including phenoxy) is 1. The summed E-state index contributed by atoms with van der Waals surface area (Å²) in [6.07, 6.45) is 0.191. The summed E-state index contributed by atoms with van der Waals surface area (Å²) in [5.41, 5.74) is 0. The zero-order chi connectivity index (χ0) is 14.0.